The maximum Gasteiger partial charge on any atom is 0.320 e. The van der Waals surface area contributed by atoms with Crippen molar-refractivity contribution in [2.24, 2.45) is 5.92 Å². The third-order valence-electron chi connectivity index (χ3n) is 4.26. The lowest BCUT2D eigenvalue weighted by molar-refractivity contribution is 0.0170. The molecule has 0 spiro atoms. The van der Waals surface area contributed by atoms with Crippen molar-refractivity contribution < 1.29 is 9.90 Å². The molecule has 2 amide bonds. The SMILES string of the molecule is Cc1ccc(-n2nc(NC(=O)NCC(C)(O)C(C)C)cc2C)cc1. The largest absolute Gasteiger partial charge is 0.388 e. The smallest absolute Gasteiger partial charge is 0.320 e. The molecule has 0 bridgehead atoms. The van der Waals surface area contributed by atoms with Gasteiger partial charge in [0.2, 0.25) is 0 Å². The van der Waals surface area contributed by atoms with E-state index < -0.39 is 5.60 Å². The highest BCUT2D eigenvalue weighted by Gasteiger charge is 2.25. The third kappa shape index (κ3) is 4.35. The van der Waals surface area contributed by atoms with Gasteiger partial charge >= 0.3 is 6.03 Å². The first-order chi connectivity index (χ1) is 11.2. The van der Waals surface area contributed by atoms with Crippen LogP contribution in [-0.4, -0.2) is 33.1 Å². The van der Waals surface area contributed by atoms with Crippen molar-refractivity contribution in [1.29, 1.82) is 0 Å². The van der Waals surface area contributed by atoms with Crippen LogP contribution in [0.4, 0.5) is 10.6 Å². The number of aromatic nitrogens is 2. The second-order valence-corrected chi connectivity index (χ2v) is 6.74. The number of hydrogen-bond donors (Lipinski definition) is 3. The lowest BCUT2D eigenvalue weighted by Crippen LogP contribution is -2.45. The van der Waals surface area contributed by atoms with E-state index in [-0.39, 0.29) is 18.5 Å². The number of rotatable bonds is 5. The molecule has 6 heteroatoms. The summed E-state index contributed by atoms with van der Waals surface area (Å²) in [5.41, 5.74) is 2.09. The average molecular weight is 330 g/mol. The number of carbonyl (C=O) groups excluding carboxylic acids is 1. The van der Waals surface area contributed by atoms with Crippen LogP contribution in [0.1, 0.15) is 32.0 Å². The highest BCUT2D eigenvalue weighted by Crippen LogP contribution is 2.16. The molecule has 2 rings (SSSR count). The Kier molecular flexibility index (Phi) is 5.29. The second-order valence-electron chi connectivity index (χ2n) is 6.74. The van der Waals surface area contributed by atoms with Crippen molar-refractivity contribution in [3.8, 4) is 5.69 Å². The quantitative estimate of drug-likeness (QED) is 0.788. The van der Waals surface area contributed by atoms with Crippen molar-refractivity contribution in [2.75, 3.05) is 11.9 Å². The molecular weight excluding hydrogens is 304 g/mol. The lowest BCUT2D eigenvalue weighted by atomic mass is 9.93. The zero-order valence-corrected chi connectivity index (χ0v) is 14.9. The molecule has 1 unspecified atom stereocenters. The summed E-state index contributed by atoms with van der Waals surface area (Å²) in [4.78, 5) is 12.0. The lowest BCUT2D eigenvalue weighted by Gasteiger charge is -2.27. The maximum absolute atomic E-state index is 12.0. The average Bonchev–Trinajstić information content (AvgIpc) is 2.86. The molecule has 1 aromatic heterocycles. The van der Waals surface area contributed by atoms with Crippen molar-refractivity contribution in [2.45, 2.75) is 40.2 Å². The van der Waals surface area contributed by atoms with E-state index in [9.17, 15) is 9.90 Å². The molecule has 1 aromatic carbocycles. The molecule has 0 saturated carbocycles. The van der Waals surface area contributed by atoms with Gasteiger partial charge < -0.3 is 10.4 Å². The fourth-order valence-electron chi connectivity index (χ4n) is 2.11. The van der Waals surface area contributed by atoms with Crippen molar-refractivity contribution in [1.82, 2.24) is 15.1 Å². The van der Waals surface area contributed by atoms with E-state index >= 15 is 0 Å². The Morgan fingerprint density at radius 2 is 1.92 bits per heavy atom. The normalized spacial score (nSPS) is 13.6. The number of hydrogen-bond acceptors (Lipinski definition) is 3. The van der Waals surface area contributed by atoms with Crippen LogP contribution in [0.15, 0.2) is 30.3 Å². The highest BCUT2D eigenvalue weighted by molar-refractivity contribution is 5.88. The summed E-state index contributed by atoms with van der Waals surface area (Å²) in [6.45, 7) is 9.66. The highest BCUT2D eigenvalue weighted by atomic mass is 16.3. The number of aryl methyl sites for hydroxylation is 2. The molecule has 130 valence electrons. The molecule has 1 atom stereocenters. The van der Waals surface area contributed by atoms with Gasteiger partial charge in [-0.25, -0.2) is 9.48 Å². The number of aliphatic hydroxyl groups is 1. The zero-order valence-electron chi connectivity index (χ0n) is 14.9. The van der Waals surface area contributed by atoms with Gasteiger partial charge in [-0.3, -0.25) is 5.32 Å². The van der Waals surface area contributed by atoms with E-state index in [2.05, 4.69) is 15.7 Å². The van der Waals surface area contributed by atoms with E-state index in [0.29, 0.717) is 5.82 Å². The molecular formula is C18H26N4O2. The minimum atomic E-state index is -0.950. The molecule has 0 saturated heterocycles. The van der Waals surface area contributed by atoms with Crippen LogP contribution in [-0.2, 0) is 0 Å². The Labute approximate surface area is 142 Å². The van der Waals surface area contributed by atoms with Crippen molar-refractivity contribution >= 4 is 11.8 Å². The van der Waals surface area contributed by atoms with Crippen LogP contribution in [0.2, 0.25) is 0 Å². The fraction of sp³-hybridized carbons (Fsp3) is 0.444. The molecule has 0 aliphatic rings. The Balaban J connectivity index is 2.02. The summed E-state index contributed by atoms with van der Waals surface area (Å²) in [5.74, 6) is 0.510. The summed E-state index contributed by atoms with van der Waals surface area (Å²) in [7, 11) is 0. The summed E-state index contributed by atoms with van der Waals surface area (Å²) in [5, 5.41) is 20.0. The molecule has 0 fully saturated rings. The van der Waals surface area contributed by atoms with E-state index in [1.54, 1.807) is 17.7 Å². The maximum atomic E-state index is 12.0. The molecule has 6 nitrogen and oxygen atoms in total. The van der Waals surface area contributed by atoms with E-state index in [0.717, 1.165) is 11.4 Å². The number of carbonyl (C=O) groups is 1. The van der Waals surface area contributed by atoms with Gasteiger partial charge in [-0.15, -0.1) is 5.10 Å². The number of urea groups is 1. The topological polar surface area (TPSA) is 79.2 Å². The van der Waals surface area contributed by atoms with Crippen molar-refractivity contribution in [3.63, 3.8) is 0 Å². The van der Waals surface area contributed by atoms with E-state index in [1.807, 2.05) is 52.0 Å². The van der Waals surface area contributed by atoms with Crippen LogP contribution >= 0.6 is 0 Å². The first-order valence-corrected chi connectivity index (χ1v) is 8.10. The first-order valence-electron chi connectivity index (χ1n) is 8.10. The van der Waals surface area contributed by atoms with Crippen LogP contribution in [0.5, 0.6) is 0 Å². The van der Waals surface area contributed by atoms with Crippen LogP contribution in [0.3, 0.4) is 0 Å². The monoisotopic (exact) mass is 330 g/mol. The fourth-order valence-corrected chi connectivity index (χ4v) is 2.11. The van der Waals surface area contributed by atoms with Gasteiger partial charge in [-0.1, -0.05) is 31.5 Å². The van der Waals surface area contributed by atoms with E-state index in [1.165, 1.54) is 5.56 Å². The molecule has 2 aromatic rings. The molecule has 3 N–H and O–H groups in total. The minimum absolute atomic E-state index is 0.0424. The van der Waals surface area contributed by atoms with Crippen LogP contribution in [0.25, 0.3) is 5.69 Å². The Morgan fingerprint density at radius 1 is 1.29 bits per heavy atom. The zero-order chi connectivity index (χ0) is 17.9. The standard InChI is InChI=1S/C18H26N4O2/c1-12(2)18(5,24)11-19-17(23)20-16-10-14(4)22(21-16)15-8-6-13(3)7-9-15/h6-10,12,24H,11H2,1-5H3,(H2,19,20,21,23). The predicted octanol–water partition coefficient (Wildman–Crippen LogP) is 3.02. The number of benzene rings is 1. The van der Waals surface area contributed by atoms with Gasteiger partial charge in [0.15, 0.2) is 5.82 Å². The number of nitrogens with zero attached hydrogens (tertiary/aromatic N) is 2. The van der Waals surface area contributed by atoms with Gasteiger partial charge in [-0.05, 0) is 38.8 Å². The van der Waals surface area contributed by atoms with Gasteiger partial charge in [0.05, 0.1) is 11.3 Å². The number of anilines is 1. The van der Waals surface area contributed by atoms with E-state index in [4.69, 9.17) is 0 Å². The molecule has 24 heavy (non-hydrogen) atoms. The Bertz CT molecular complexity index is 702. The van der Waals surface area contributed by atoms with Crippen LogP contribution in [0, 0.1) is 19.8 Å². The molecule has 0 radical (unpaired) electrons. The number of amides is 2. The van der Waals surface area contributed by atoms with Crippen LogP contribution < -0.4 is 10.6 Å². The summed E-state index contributed by atoms with van der Waals surface area (Å²) >= 11 is 0. The Morgan fingerprint density at radius 3 is 2.50 bits per heavy atom. The first kappa shape index (κ1) is 18.0. The second kappa shape index (κ2) is 7.05. The summed E-state index contributed by atoms with van der Waals surface area (Å²) in [6.07, 6.45) is 0. The van der Waals surface area contributed by atoms with Gasteiger partial charge in [-0.2, -0.15) is 0 Å². The summed E-state index contributed by atoms with van der Waals surface area (Å²) in [6, 6.07) is 9.43. The summed E-state index contributed by atoms with van der Waals surface area (Å²) < 4.78 is 1.78. The molecule has 0 aliphatic heterocycles. The van der Waals surface area contributed by atoms with Gasteiger partial charge in [0.1, 0.15) is 0 Å². The molecule has 0 aliphatic carbocycles. The van der Waals surface area contributed by atoms with Crippen molar-refractivity contribution in [3.05, 3.63) is 41.6 Å². The van der Waals surface area contributed by atoms with Gasteiger partial charge in [0.25, 0.3) is 0 Å². The Hall–Kier alpha value is -2.34. The van der Waals surface area contributed by atoms with Gasteiger partial charge in [0, 0.05) is 18.3 Å². The predicted molar refractivity (Wildman–Crippen MR) is 95.5 cm³/mol. The number of nitrogens with one attached hydrogen (secondary N) is 2. The minimum Gasteiger partial charge on any atom is -0.388 e. The molecule has 1 heterocycles. The third-order valence-corrected chi connectivity index (χ3v) is 4.26.